The minimum absolute atomic E-state index is 0.254. The third-order valence-electron chi connectivity index (χ3n) is 7.29. The zero-order valence-electron chi connectivity index (χ0n) is 21.9. The van der Waals surface area contributed by atoms with Gasteiger partial charge in [-0.25, -0.2) is 19.1 Å². The molecule has 0 amide bonds. The number of anilines is 2. The van der Waals surface area contributed by atoms with Crippen LogP contribution >= 0.6 is 22.9 Å². The summed E-state index contributed by atoms with van der Waals surface area (Å²) in [6.07, 6.45) is 3.27. The van der Waals surface area contributed by atoms with Gasteiger partial charge in [0.2, 0.25) is 11.9 Å². The highest BCUT2D eigenvalue weighted by Crippen LogP contribution is 2.32. The molecule has 2 aromatic carbocycles. The van der Waals surface area contributed by atoms with Gasteiger partial charge in [-0.15, -0.1) is 0 Å². The number of halogens is 1. The second-order valence-corrected chi connectivity index (χ2v) is 11.0. The topological polar surface area (TPSA) is 76.3 Å². The third-order valence-corrected chi connectivity index (χ3v) is 8.52. The summed E-state index contributed by atoms with van der Waals surface area (Å²) in [7, 11) is 0. The molecule has 39 heavy (non-hydrogen) atoms. The minimum Gasteiger partial charge on any atom is -0.342 e. The average Bonchev–Trinajstić information content (AvgIpc) is 3.34. The van der Waals surface area contributed by atoms with E-state index in [9.17, 15) is 9.59 Å². The van der Waals surface area contributed by atoms with E-state index in [-0.39, 0.29) is 11.1 Å². The van der Waals surface area contributed by atoms with Crippen molar-refractivity contribution in [3.8, 4) is 11.4 Å². The van der Waals surface area contributed by atoms with Crippen LogP contribution < -0.4 is 20.9 Å². The lowest BCUT2D eigenvalue weighted by Gasteiger charge is -2.29. The number of hydrogen-bond acceptors (Lipinski definition) is 7. The molecule has 0 aliphatic carbocycles. The van der Waals surface area contributed by atoms with E-state index < -0.39 is 0 Å². The fourth-order valence-corrected chi connectivity index (χ4v) is 6.45. The lowest BCUT2D eigenvalue weighted by atomic mass is 10.1. The van der Waals surface area contributed by atoms with Crippen molar-refractivity contribution in [2.75, 3.05) is 36.0 Å². The molecule has 0 N–H and O–H groups in total. The van der Waals surface area contributed by atoms with Gasteiger partial charge in [0.1, 0.15) is 9.66 Å². The molecule has 1 fully saturated rings. The van der Waals surface area contributed by atoms with Crippen molar-refractivity contribution in [1.29, 1.82) is 0 Å². The summed E-state index contributed by atoms with van der Waals surface area (Å²) in [6, 6.07) is 16.6. The average molecular weight is 561 g/mol. The Bertz CT molecular complexity index is 1770. The molecule has 1 aliphatic heterocycles. The Morgan fingerprint density at radius 3 is 2.03 bits per heavy atom. The first kappa shape index (κ1) is 25.6. The number of nitrogens with zero attached hydrogens (tertiary/aromatic N) is 6. The van der Waals surface area contributed by atoms with Gasteiger partial charge in [-0.05, 0) is 69.5 Å². The van der Waals surface area contributed by atoms with Gasteiger partial charge in [0.05, 0.1) is 22.1 Å². The van der Waals surface area contributed by atoms with Crippen molar-refractivity contribution < 1.29 is 0 Å². The van der Waals surface area contributed by atoms with Gasteiger partial charge in [0, 0.05) is 31.2 Å². The Labute approximate surface area is 234 Å². The number of aromatic nitrogens is 4. The first-order valence-electron chi connectivity index (χ1n) is 13.3. The lowest BCUT2D eigenvalue weighted by Crippen LogP contribution is -2.36. The molecule has 200 valence electrons. The largest absolute Gasteiger partial charge is 0.342 e. The van der Waals surface area contributed by atoms with Crippen LogP contribution in [0.4, 0.5) is 11.9 Å². The van der Waals surface area contributed by atoms with E-state index in [0.29, 0.717) is 56.1 Å². The Morgan fingerprint density at radius 2 is 1.38 bits per heavy atom. The number of fused-ring (bicyclic) bond motifs is 3. The highest BCUT2D eigenvalue weighted by molar-refractivity contribution is 7.25. The van der Waals surface area contributed by atoms with Gasteiger partial charge >= 0.3 is 0 Å². The summed E-state index contributed by atoms with van der Waals surface area (Å²) in [5.74, 6) is 1.15. The van der Waals surface area contributed by atoms with Crippen LogP contribution in [-0.4, -0.2) is 45.3 Å². The molecule has 4 heterocycles. The van der Waals surface area contributed by atoms with Gasteiger partial charge in [0.15, 0.2) is 0 Å². The molecule has 6 rings (SSSR count). The van der Waals surface area contributed by atoms with Crippen molar-refractivity contribution in [2.24, 2.45) is 0 Å². The number of thiophene rings is 1. The van der Waals surface area contributed by atoms with Gasteiger partial charge in [-0.1, -0.05) is 41.1 Å². The zero-order valence-corrected chi connectivity index (χ0v) is 23.5. The van der Waals surface area contributed by atoms with Crippen LogP contribution in [0.5, 0.6) is 0 Å². The number of para-hydroxylation sites is 1. The summed E-state index contributed by atoms with van der Waals surface area (Å²) in [6.45, 7) is 7.08. The van der Waals surface area contributed by atoms with Gasteiger partial charge in [-0.3, -0.25) is 9.59 Å². The predicted octanol–water partition coefficient (Wildman–Crippen LogP) is 5.64. The quantitative estimate of drug-likeness (QED) is 0.268. The predicted molar refractivity (Wildman–Crippen MR) is 161 cm³/mol. The third kappa shape index (κ3) is 4.39. The molecule has 8 nitrogen and oxygen atoms in total. The van der Waals surface area contributed by atoms with Crippen LogP contribution in [0.2, 0.25) is 5.02 Å². The van der Waals surface area contributed by atoms with E-state index in [1.165, 1.54) is 17.8 Å². The number of rotatable bonds is 6. The van der Waals surface area contributed by atoms with E-state index in [0.717, 1.165) is 31.6 Å². The summed E-state index contributed by atoms with van der Waals surface area (Å²) in [4.78, 5) is 43.9. The molecule has 3 aromatic heterocycles. The normalized spacial score (nSPS) is 13.9. The molecule has 1 aliphatic rings. The van der Waals surface area contributed by atoms with Crippen molar-refractivity contribution in [3.05, 3.63) is 80.3 Å². The maximum Gasteiger partial charge on any atom is 0.269 e. The molecular weight excluding hydrogens is 532 g/mol. The smallest absolute Gasteiger partial charge is 0.269 e. The first-order valence-corrected chi connectivity index (χ1v) is 14.5. The number of benzene rings is 2. The van der Waals surface area contributed by atoms with E-state index in [2.05, 4.69) is 4.90 Å². The molecule has 0 atom stereocenters. The zero-order chi connectivity index (χ0) is 27.1. The van der Waals surface area contributed by atoms with Gasteiger partial charge in [-0.2, -0.15) is 0 Å². The van der Waals surface area contributed by atoms with E-state index in [1.807, 2.05) is 49.1 Å². The highest BCUT2D eigenvalue weighted by atomic mass is 35.5. The van der Waals surface area contributed by atoms with Crippen LogP contribution in [0, 0.1) is 0 Å². The van der Waals surface area contributed by atoms with Crippen molar-refractivity contribution >= 4 is 55.3 Å². The summed E-state index contributed by atoms with van der Waals surface area (Å²) in [5, 5.41) is 1.19. The van der Waals surface area contributed by atoms with Gasteiger partial charge in [0.25, 0.3) is 11.1 Å². The van der Waals surface area contributed by atoms with Crippen LogP contribution in [-0.2, 0) is 0 Å². The molecule has 0 saturated carbocycles. The molecule has 0 spiro atoms. The maximum atomic E-state index is 14.3. The van der Waals surface area contributed by atoms with Crippen molar-refractivity contribution in [3.63, 3.8) is 0 Å². The number of piperidine rings is 1. The molecular formula is C29H29ClN6O2S. The highest BCUT2D eigenvalue weighted by Gasteiger charge is 2.26. The Morgan fingerprint density at radius 1 is 0.795 bits per heavy atom. The fourth-order valence-electron chi connectivity index (χ4n) is 5.31. The molecule has 0 bridgehead atoms. The molecule has 0 radical (unpaired) electrons. The molecule has 1 saturated heterocycles. The second kappa shape index (κ2) is 10.5. The standard InChI is InChI=1S/C29H29ClN6O2S/c1-3-33(4-2)28-31-24-22(27(38)36(28)21-15-13-19(30)14-16-21)23-25(39-24)32-29(34-17-9-6-10-18-34)35(26(23)37)20-11-7-5-8-12-20/h5,7-8,11-16H,3-4,6,9-10,17-18H2,1-2H3. The monoisotopic (exact) mass is 560 g/mol. The van der Waals surface area contributed by atoms with E-state index >= 15 is 0 Å². The fraction of sp³-hybridized carbons (Fsp3) is 0.310. The summed E-state index contributed by atoms with van der Waals surface area (Å²) >= 11 is 7.47. The van der Waals surface area contributed by atoms with E-state index in [1.54, 1.807) is 33.4 Å². The van der Waals surface area contributed by atoms with Crippen molar-refractivity contribution in [1.82, 2.24) is 19.1 Å². The Balaban J connectivity index is 1.71. The molecule has 5 aromatic rings. The lowest BCUT2D eigenvalue weighted by molar-refractivity contribution is 0.563. The summed E-state index contributed by atoms with van der Waals surface area (Å²) < 4.78 is 3.24. The second-order valence-electron chi connectivity index (χ2n) is 9.60. The van der Waals surface area contributed by atoms with E-state index in [4.69, 9.17) is 21.6 Å². The van der Waals surface area contributed by atoms with Crippen LogP contribution in [0.1, 0.15) is 33.1 Å². The first-order chi connectivity index (χ1) is 19.0. The molecule has 10 heteroatoms. The minimum atomic E-state index is -0.292. The summed E-state index contributed by atoms with van der Waals surface area (Å²) in [5.41, 5.74) is 0.818. The Kier molecular flexibility index (Phi) is 6.86. The molecule has 0 unspecified atom stereocenters. The SMILES string of the molecule is CCN(CC)c1nc2sc3nc(N4CCCCC4)n(-c4ccccc4)c(=O)c3c2c(=O)n1-c1ccc(Cl)cc1. The number of hydrogen-bond donors (Lipinski definition) is 0. The van der Waals surface area contributed by atoms with Crippen LogP contribution in [0.25, 0.3) is 31.8 Å². The van der Waals surface area contributed by atoms with Crippen molar-refractivity contribution in [2.45, 2.75) is 33.1 Å². The van der Waals surface area contributed by atoms with Gasteiger partial charge < -0.3 is 9.80 Å². The maximum absolute atomic E-state index is 14.3. The Hall–Kier alpha value is -3.69. The van der Waals surface area contributed by atoms with Crippen LogP contribution in [0.3, 0.4) is 0 Å². The van der Waals surface area contributed by atoms with Crippen LogP contribution in [0.15, 0.2) is 64.2 Å².